The van der Waals surface area contributed by atoms with E-state index in [4.69, 9.17) is 0 Å². The summed E-state index contributed by atoms with van der Waals surface area (Å²) in [6, 6.07) is 0. The number of hydrogen-bond donors (Lipinski definition) is 2. The molecule has 2 heteroatoms. The Kier molecular flexibility index (Phi) is 5.26. The monoisotopic (exact) mass is 227 g/mol. The normalized spacial score (nSPS) is 20.2. The van der Waals surface area contributed by atoms with Crippen molar-refractivity contribution in [2.45, 2.75) is 59.0 Å². The summed E-state index contributed by atoms with van der Waals surface area (Å²) in [5.41, 5.74) is -0.404. The topological polar surface area (TPSA) is 32.3 Å². The third-order valence-corrected chi connectivity index (χ3v) is 4.08. The van der Waals surface area contributed by atoms with E-state index < -0.39 is 5.60 Å². The SMILES string of the molecule is CC(C)C(CNCC1(O)CCCC1)C(C)C. The molecule has 0 radical (unpaired) electrons. The zero-order chi connectivity index (χ0) is 12.2. The van der Waals surface area contributed by atoms with Gasteiger partial charge in [-0.2, -0.15) is 0 Å². The fraction of sp³-hybridized carbons (Fsp3) is 1.00. The van der Waals surface area contributed by atoms with Gasteiger partial charge >= 0.3 is 0 Å². The van der Waals surface area contributed by atoms with E-state index in [1.165, 1.54) is 12.8 Å². The molecule has 1 saturated carbocycles. The van der Waals surface area contributed by atoms with E-state index in [0.29, 0.717) is 17.8 Å². The van der Waals surface area contributed by atoms with Gasteiger partial charge in [0.25, 0.3) is 0 Å². The molecule has 0 saturated heterocycles. The van der Waals surface area contributed by atoms with Crippen LogP contribution in [0, 0.1) is 17.8 Å². The molecule has 1 aliphatic carbocycles. The van der Waals surface area contributed by atoms with Crippen molar-refractivity contribution in [2.75, 3.05) is 13.1 Å². The summed E-state index contributed by atoms with van der Waals surface area (Å²) in [7, 11) is 0. The second kappa shape index (κ2) is 6.02. The van der Waals surface area contributed by atoms with Crippen LogP contribution < -0.4 is 5.32 Å². The number of rotatable bonds is 6. The van der Waals surface area contributed by atoms with Crippen molar-refractivity contribution in [3.05, 3.63) is 0 Å². The predicted molar refractivity (Wildman–Crippen MR) is 69.5 cm³/mol. The highest BCUT2D eigenvalue weighted by molar-refractivity contribution is 4.86. The molecule has 0 amide bonds. The van der Waals surface area contributed by atoms with E-state index in [1.54, 1.807) is 0 Å². The highest BCUT2D eigenvalue weighted by Crippen LogP contribution is 2.28. The summed E-state index contributed by atoms with van der Waals surface area (Å²) in [6.45, 7) is 11.0. The van der Waals surface area contributed by atoms with Crippen LogP contribution in [0.1, 0.15) is 53.4 Å². The molecule has 2 nitrogen and oxygen atoms in total. The predicted octanol–water partition coefficient (Wildman–Crippen LogP) is 2.81. The summed E-state index contributed by atoms with van der Waals surface area (Å²) in [6.07, 6.45) is 4.34. The largest absolute Gasteiger partial charge is 0.389 e. The summed E-state index contributed by atoms with van der Waals surface area (Å²) >= 11 is 0. The Morgan fingerprint density at radius 1 is 1.06 bits per heavy atom. The third kappa shape index (κ3) is 4.06. The maximum atomic E-state index is 10.2. The highest BCUT2D eigenvalue weighted by atomic mass is 16.3. The van der Waals surface area contributed by atoms with Gasteiger partial charge < -0.3 is 10.4 Å². The fourth-order valence-electron chi connectivity index (χ4n) is 2.92. The molecular weight excluding hydrogens is 198 g/mol. The maximum absolute atomic E-state index is 10.2. The van der Waals surface area contributed by atoms with Crippen LogP contribution in [0.25, 0.3) is 0 Å². The number of hydrogen-bond acceptors (Lipinski definition) is 2. The average molecular weight is 227 g/mol. The first-order valence-corrected chi connectivity index (χ1v) is 6.88. The first-order valence-electron chi connectivity index (χ1n) is 6.88. The van der Waals surface area contributed by atoms with E-state index >= 15 is 0 Å². The lowest BCUT2D eigenvalue weighted by atomic mass is 9.85. The van der Waals surface area contributed by atoms with Crippen molar-refractivity contribution >= 4 is 0 Å². The Hall–Kier alpha value is -0.0800. The Bertz CT molecular complexity index is 187. The van der Waals surface area contributed by atoms with Crippen LogP contribution in [0.2, 0.25) is 0 Å². The third-order valence-electron chi connectivity index (χ3n) is 4.08. The summed E-state index contributed by atoms with van der Waals surface area (Å²) < 4.78 is 0. The van der Waals surface area contributed by atoms with Gasteiger partial charge in [-0.3, -0.25) is 0 Å². The molecule has 0 aromatic heterocycles. The van der Waals surface area contributed by atoms with Crippen molar-refractivity contribution in [3.8, 4) is 0 Å². The van der Waals surface area contributed by atoms with E-state index in [2.05, 4.69) is 33.0 Å². The molecule has 0 aromatic rings. The van der Waals surface area contributed by atoms with Gasteiger partial charge in [-0.05, 0) is 37.1 Å². The summed E-state index contributed by atoms with van der Waals surface area (Å²) in [5, 5.41) is 13.7. The van der Waals surface area contributed by atoms with Crippen LogP contribution in [0.15, 0.2) is 0 Å². The van der Waals surface area contributed by atoms with Crippen LogP contribution in [0.3, 0.4) is 0 Å². The smallest absolute Gasteiger partial charge is 0.0771 e. The van der Waals surface area contributed by atoms with E-state index in [-0.39, 0.29) is 0 Å². The van der Waals surface area contributed by atoms with Crippen molar-refractivity contribution in [3.63, 3.8) is 0 Å². The summed E-state index contributed by atoms with van der Waals surface area (Å²) in [4.78, 5) is 0. The molecule has 2 N–H and O–H groups in total. The van der Waals surface area contributed by atoms with Crippen molar-refractivity contribution in [1.29, 1.82) is 0 Å². The molecule has 0 aliphatic heterocycles. The van der Waals surface area contributed by atoms with Gasteiger partial charge in [0.15, 0.2) is 0 Å². The molecule has 0 spiro atoms. The number of nitrogens with one attached hydrogen (secondary N) is 1. The Morgan fingerprint density at radius 3 is 2.00 bits per heavy atom. The van der Waals surface area contributed by atoms with Crippen LogP contribution in [0.4, 0.5) is 0 Å². The zero-order valence-corrected chi connectivity index (χ0v) is 11.4. The van der Waals surface area contributed by atoms with Crippen LogP contribution in [-0.2, 0) is 0 Å². The molecule has 16 heavy (non-hydrogen) atoms. The van der Waals surface area contributed by atoms with Gasteiger partial charge in [-0.15, -0.1) is 0 Å². The van der Waals surface area contributed by atoms with E-state index in [9.17, 15) is 5.11 Å². The molecule has 0 aromatic carbocycles. The Labute approximate surface area is 101 Å². The Morgan fingerprint density at radius 2 is 1.56 bits per heavy atom. The first-order chi connectivity index (χ1) is 7.44. The molecule has 0 bridgehead atoms. The van der Waals surface area contributed by atoms with Crippen LogP contribution in [-0.4, -0.2) is 23.8 Å². The lowest BCUT2D eigenvalue weighted by Crippen LogP contribution is -2.41. The first kappa shape index (κ1) is 14.0. The fourth-order valence-corrected chi connectivity index (χ4v) is 2.92. The molecular formula is C14H29NO. The van der Waals surface area contributed by atoms with Crippen LogP contribution in [0.5, 0.6) is 0 Å². The van der Waals surface area contributed by atoms with Gasteiger partial charge in [-0.1, -0.05) is 40.5 Å². The summed E-state index contributed by atoms with van der Waals surface area (Å²) in [5.74, 6) is 2.14. The molecule has 0 unspecified atom stereocenters. The second-order valence-corrected chi connectivity index (χ2v) is 6.21. The minimum absolute atomic E-state index is 0.404. The zero-order valence-electron chi connectivity index (χ0n) is 11.4. The van der Waals surface area contributed by atoms with Gasteiger partial charge in [-0.25, -0.2) is 0 Å². The molecule has 0 heterocycles. The average Bonchev–Trinajstić information content (AvgIpc) is 2.59. The molecule has 1 fully saturated rings. The minimum atomic E-state index is -0.404. The second-order valence-electron chi connectivity index (χ2n) is 6.21. The van der Waals surface area contributed by atoms with Crippen molar-refractivity contribution in [1.82, 2.24) is 5.32 Å². The van der Waals surface area contributed by atoms with Gasteiger partial charge in [0, 0.05) is 6.54 Å². The van der Waals surface area contributed by atoms with Gasteiger partial charge in [0.1, 0.15) is 0 Å². The lowest BCUT2D eigenvalue weighted by Gasteiger charge is -2.28. The molecule has 96 valence electrons. The molecule has 1 rings (SSSR count). The van der Waals surface area contributed by atoms with Crippen molar-refractivity contribution < 1.29 is 5.11 Å². The number of aliphatic hydroxyl groups is 1. The van der Waals surface area contributed by atoms with Crippen molar-refractivity contribution in [2.24, 2.45) is 17.8 Å². The maximum Gasteiger partial charge on any atom is 0.0771 e. The van der Waals surface area contributed by atoms with Gasteiger partial charge in [0.05, 0.1) is 5.60 Å². The molecule has 0 atom stereocenters. The lowest BCUT2D eigenvalue weighted by molar-refractivity contribution is 0.0454. The van der Waals surface area contributed by atoms with Gasteiger partial charge in [0.2, 0.25) is 0 Å². The van der Waals surface area contributed by atoms with E-state index in [0.717, 1.165) is 25.9 Å². The highest BCUT2D eigenvalue weighted by Gasteiger charge is 2.30. The van der Waals surface area contributed by atoms with Crippen LogP contribution >= 0.6 is 0 Å². The standard InChI is InChI=1S/C14H29NO/c1-11(2)13(12(3)4)9-15-10-14(16)7-5-6-8-14/h11-13,15-16H,5-10H2,1-4H3. The Balaban J connectivity index is 2.27. The minimum Gasteiger partial charge on any atom is -0.389 e. The van der Waals surface area contributed by atoms with E-state index in [1.807, 2.05) is 0 Å². The quantitative estimate of drug-likeness (QED) is 0.731. The molecule has 1 aliphatic rings.